The summed E-state index contributed by atoms with van der Waals surface area (Å²) >= 11 is 0. The first-order valence-electron chi connectivity index (χ1n) is 2.93. The molecule has 9 heavy (non-hydrogen) atoms. The Morgan fingerprint density at radius 2 is 1.44 bits per heavy atom. The lowest BCUT2D eigenvalue weighted by Crippen LogP contribution is -2.28. The molecule has 0 aromatic carbocycles. The summed E-state index contributed by atoms with van der Waals surface area (Å²) in [6.07, 6.45) is 0.438. The topological polar surface area (TPSA) is 24.1 Å². The Balaban J connectivity index is 3.22. The van der Waals surface area contributed by atoms with Crippen LogP contribution in [0.15, 0.2) is 0 Å². The minimum absolute atomic E-state index is 0.289. The van der Waals surface area contributed by atoms with Gasteiger partial charge in [0.25, 0.3) is 0 Å². The highest BCUT2D eigenvalue weighted by Gasteiger charge is 2.06. The van der Waals surface area contributed by atoms with Gasteiger partial charge in [0.15, 0.2) is 0 Å². The molecule has 56 valence electrons. The van der Waals surface area contributed by atoms with Crippen LogP contribution in [-0.2, 0) is 0 Å². The van der Waals surface area contributed by atoms with Crippen LogP contribution in [0.3, 0.4) is 0 Å². The Kier molecular flexibility index (Phi) is 4.53. The van der Waals surface area contributed by atoms with E-state index in [0.29, 0.717) is 6.42 Å². The van der Waals surface area contributed by atoms with Crippen molar-refractivity contribution in [3.05, 3.63) is 0 Å². The van der Waals surface area contributed by atoms with Gasteiger partial charge in [-0.1, -0.05) is 0 Å². The molecular weight excluding hydrogens is 126 g/mol. The summed E-state index contributed by atoms with van der Waals surface area (Å²) < 4.78 is 23.0. The van der Waals surface area contributed by atoms with E-state index >= 15 is 0 Å². The van der Waals surface area contributed by atoms with Crippen LogP contribution in [0.1, 0.15) is 20.3 Å². The van der Waals surface area contributed by atoms with Gasteiger partial charge in [-0.3, -0.25) is 0 Å². The lowest BCUT2D eigenvalue weighted by atomic mass is 10.1. The van der Waals surface area contributed by atoms with E-state index in [4.69, 9.17) is 0 Å². The summed E-state index contributed by atoms with van der Waals surface area (Å²) in [5.41, 5.74) is 3.05. The van der Waals surface area contributed by atoms with Gasteiger partial charge in [0.2, 0.25) is 0 Å². The monoisotopic (exact) mass is 138 g/mol. The maximum atomic E-state index is 11.5. The summed E-state index contributed by atoms with van der Waals surface area (Å²) in [5, 5.41) is 0. The van der Waals surface area contributed by atoms with E-state index in [1.165, 1.54) is 11.1 Å². The van der Waals surface area contributed by atoms with E-state index in [9.17, 15) is 8.96 Å². The molecule has 0 aromatic rings. The standard InChI is InChI=1S/C5H12F2N2/c1-4(8-6)3-5(2)9-7/h4-5,8-9H,3H2,1-2H3. The second-order valence-corrected chi connectivity index (χ2v) is 2.26. The zero-order chi connectivity index (χ0) is 7.28. The summed E-state index contributed by atoms with van der Waals surface area (Å²) in [6, 6.07) is -0.577. The minimum Gasteiger partial charge on any atom is -0.156 e. The predicted octanol–water partition coefficient (Wildman–Crippen LogP) is 1.10. The van der Waals surface area contributed by atoms with Gasteiger partial charge in [0, 0.05) is 12.1 Å². The maximum Gasteiger partial charge on any atom is 0.0359 e. The summed E-state index contributed by atoms with van der Waals surface area (Å²) in [6.45, 7) is 3.29. The van der Waals surface area contributed by atoms with Crippen LogP contribution in [0.4, 0.5) is 8.96 Å². The van der Waals surface area contributed by atoms with E-state index in [2.05, 4.69) is 0 Å². The van der Waals surface area contributed by atoms with Crippen LogP contribution in [0.25, 0.3) is 0 Å². The Morgan fingerprint density at radius 1 is 1.11 bits per heavy atom. The van der Waals surface area contributed by atoms with Gasteiger partial charge in [0.1, 0.15) is 0 Å². The molecule has 0 rings (SSSR count). The molecule has 0 heterocycles. The fourth-order valence-electron chi connectivity index (χ4n) is 0.619. The van der Waals surface area contributed by atoms with Crippen LogP contribution in [0.5, 0.6) is 0 Å². The molecule has 0 spiro atoms. The van der Waals surface area contributed by atoms with Gasteiger partial charge in [-0.05, 0) is 20.3 Å². The average Bonchev–Trinajstić information content (AvgIpc) is 1.87. The maximum absolute atomic E-state index is 11.5. The molecule has 2 nitrogen and oxygen atoms in total. The van der Waals surface area contributed by atoms with E-state index in [0.717, 1.165) is 0 Å². The largest absolute Gasteiger partial charge is 0.156 e. The van der Waals surface area contributed by atoms with Crippen molar-refractivity contribution in [3.8, 4) is 0 Å². The summed E-state index contributed by atoms with van der Waals surface area (Å²) in [4.78, 5) is 0. The minimum atomic E-state index is -0.289. The zero-order valence-electron chi connectivity index (χ0n) is 5.62. The summed E-state index contributed by atoms with van der Waals surface area (Å²) in [7, 11) is 0. The van der Waals surface area contributed by atoms with Crippen molar-refractivity contribution in [2.24, 2.45) is 0 Å². The molecule has 2 N–H and O–H groups in total. The van der Waals surface area contributed by atoms with Crippen molar-refractivity contribution in [2.75, 3.05) is 0 Å². The second kappa shape index (κ2) is 4.64. The molecule has 4 heteroatoms. The molecule has 0 aromatic heterocycles. The summed E-state index contributed by atoms with van der Waals surface area (Å²) in [5.74, 6) is 0. The van der Waals surface area contributed by atoms with Crippen molar-refractivity contribution in [1.82, 2.24) is 11.1 Å². The number of halogens is 2. The van der Waals surface area contributed by atoms with Gasteiger partial charge in [0.05, 0.1) is 0 Å². The van der Waals surface area contributed by atoms with Crippen LogP contribution in [0, 0.1) is 0 Å². The van der Waals surface area contributed by atoms with Gasteiger partial charge in [-0.2, -0.15) is 11.1 Å². The van der Waals surface area contributed by atoms with E-state index in [-0.39, 0.29) is 12.1 Å². The van der Waals surface area contributed by atoms with Crippen molar-refractivity contribution in [2.45, 2.75) is 32.4 Å². The third kappa shape index (κ3) is 4.29. The smallest absolute Gasteiger partial charge is 0.0359 e. The Morgan fingerprint density at radius 3 is 1.67 bits per heavy atom. The van der Waals surface area contributed by atoms with Gasteiger partial charge < -0.3 is 0 Å². The van der Waals surface area contributed by atoms with Crippen molar-refractivity contribution >= 4 is 0 Å². The van der Waals surface area contributed by atoms with E-state index < -0.39 is 0 Å². The van der Waals surface area contributed by atoms with E-state index in [1.807, 2.05) is 0 Å². The molecular formula is C5H12F2N2. The molecule has 0 aliphatic heterocycles. The number of hydrogen-bond acceptors (Lipinski definition) is 2. The molecule has 0 aliphatic carbocycles. The normalized spacial score (nSPS) is 17.3. The lowest BCUT2D eigenvalue weighted by Gasteiger charge is -2.10. The number of hydrogen-bond donors (Lipinski definition) is 2. The first-order valence-corrected chi connectivity index (χ1v) is 2.93. The SMILES string of the molecule is CC(CC(C)NF)NF. The van der Waals surface area contributed by atoms with E-state index in [1.54, 1.807) is 13.8 Å². The van der Waals surface area contributed by atoms with Gasteiger partial charge >= 0.3 is 0 Å². The van der Waals surface area contributed by atoms with Crippen molar-refractivity contribution in [3.63, 3.8) is 0 Å². The Bertz CT molecular complexity index is 62.0. The quantitative estimate of drug-likeness (QED) is 0.568. The molecule has 2 atom stereocenters. The zero-order valence-corrected chi connectivity index (χ0v) is 5.62. The first-order chi connectivity index (χ1) is 4.20. The highest BCUT2D eigenvalue weighted by atomic mass is 19.2. The highest BCUT2D eigenvalue weighted by Crippen LogP contribution is 1.96. The van der Waals surface area contributed by atoms with Gasteiger partial charge in [-0.15, -0.1) is 8.96 Å². The molecule has 0 aliphatic rings. The second-order valence-electron chi connectivity index (χ2n) is 2.26. The average molecular weight is 138 g/mol. The fourth-order valence-corrected chi connectivity index (χ4v) is 0.619. The predicted molar refractivity (Wildman–Crippen MR) is 32.0 cm³/mol. The van der Waals surface area contributed by atoms with Crippen molar-refractivity contribution in [1.29, 1.82) is 0 Å². The molecule has 0 fully saturated rings. The fraction of sp³-hybridized carbons (Fsp3) is 1.00. The van der Waals surface area contributed by atoms with Gasteiger partial charge in [-0.25, -0.2) is 0 Å². The van der Waals surface area contributed by atoms with Crippen LogP contribution in [0.2, 0.25) is 0 Å². The number of nitrogens with one attached hydrogen (secondary N) is 2. The van der Waals surface area contributed by atoms with Crippen LogP contribution >= 0.6 is 0 Å². The van der Waals surface area contributed by atoms with Crippen LogP contribution in [-0.4, -0.2) is 12.1 Å². The third-order valence-electron chi connectivity index (χ3n) is 1.08. The Labute approximate surface area is 53.5 Å². The van der Waals surface area contributed by atoms with Crippen LogP contribution < -0.4 is 11.1 Å². The molecule has 2 unspecified atom stereocenters. The van der Waals surface area contributed by atoms with Crippen molar-refractivity contribution < 1.29 is 8.96 Å². The Hall–Kier alpha value is -0.220. The molecule has 0 saturated carbocycles. The molecule has 0 amide bonds. The number of rotatable bonds is 4. The highest BCUT2D eigenvalue weighted by molar-refractivity contribution is 4.62. The lowest BCUT2D eigenvalue weighted by molar-refractivity contribution is 0.218. The molecule has 0 bridgehead atoms. The molecule has 0 radical (unpaired) electrons. The third-order valence-corrected chi connectivity index (χ3v) is 1.08. The molecule has 0 saturated heterocycles. The first kappa shape index (κ1) is 8.78.